The van der Waals surface area contributed by atoms with E-state index in [2.05, 4.69) is 0 Å². The molecule has 1 fully saturated rings. The quantitative estimate of drug-likeness (QED) is 0.397. The van der Waals surface area contributed by atoms with E-state index in [1.165, 1.54) is 42.3 Å². The number of carbonyl (C=O) groups is 2. The zero-order chi connectivity index (χ0) is 22.7. The van der Waals surface area contributed by atoms with E-state index in [0.717, 1.165) is 0 Å². The minimum Gasteiger partial charge on any atom is -0.507 e. The van der Waals surface area contributed by atoms with Gasteiger partial charge in [0.25, 0.3) is 11.7 Å². The maximum absolute atomic E-state index is 13.5. The number of aliphatic hydroxyl groups excluding tert-OH is 1. The molecule has 3 rings (SSSR count). The molecule has 1 amide bonds. The summed E-state index contributed by atoms with van der Waals surface area (Å²) in [6, 6.07) is 9.31. The first-order chi connectivity index (χ1) is 14.7. The molecule has 8 heteroatoms. The summed E-state index contributed by atoms with van der Waals surface area (Å²) in [6.45, 7) is 1.01. The fourth-order valence-electron chi connectivity index (χ4n) is 3.67. The van der Waals surface area contributed by atoms with Gasteiger partial charge in [0, 0.05) is 11.6 Å². The van der Waals surface area contributed by atoms with Gasteiger partial charge in [-0.2, -0.15) is 0 Å². The normalized spacial score (nSPS) is 18.1. The van der Waals surface area contributed by atoms with E-state index in [1.54, 1.807) is 12.1 Å². The number of ether oxygens (including phenoxy) is 1. The van der Waals surface area contributed by atoms with Crippen molar-refractivity contribution in [1.82, 2.24) is 9.80 Å². The molecular formula is C23H24ClFN2O4. The number of hydrogen-bond acceptors (Lipinski definition) is 5. The summed E-state index contributed by atoms with van der Waals surface area (Å²) in [5.74, 6) is -2.04. The number of benzene rings is 2. The average molecular weight is 447 g/mol. The molecule has 1 atom stereocenters. The van der Waals surface area contributed by atoms with Gasteiger partial charge in [-0.25, -0.2) is 4.39 Å². The third kappa shape index (κ3) is 4.73. The molecule has 0 spiro atoms. The van der Waals surface area contributed by atoms with Gasteiger partial charge in [0.15, 0.2) is 0 Å². The molecule has 164 valence electrons. The zero-order valence-electron chi connectivity index (χ0n) is 17.6. The van der Waals surface area contributed by atoms with Crippen LogP contribution in [-0.4, -0.2) is 60.9 Å². The third-order valence-corrected chi connectivity index (χ3v) is 5.38. The minimum absolute atomic E-state index is 0.0815. The lowest BCUT2D eigenvalue weighted by Gasteiger charge is -2.26. The van der Waals surface area contributed by atoms with Crippen molar-refractivity contribution in [1.29, 1.82) is 0 Å². The minimum atomic E-state index is -0.855. The van der Waals surface area contributed by atoms with Crippen LogP contribution in [0.4, 0.5) is 4.39 Å². The molecule has 1 N–H and O–H groups in total. The Hall–Kier alpha value is -2.90. The van der Waals surface area contributed by atoms with Crippen molar-refractivity contribution in [2.45, 2.75) is 12.5 Å². The van der Waals surface area contributed by atoms with Crippen LogP contribution in [0.25, 0.3) is 5.76 Å². The first-order valence-electron chi connectivity index (χ1n) is 9.77. The molecule has 31 heavy (non-hydrogen) atoms. The van der Waals surface area contributed by atoms with Crippen molar-refractivity contribution in [2.24, 2.45) is 0 Å². The number of amides is 1. The van der Waals surface area contributed by atoms with Crippen LogP contribution >= 0.6 is 11.6 Å². The van der Waals surface area contributed by atoms with Crippen LogP contribution in [0.15, 0.2) is 48.0 Å². The molecule has 1 aliphatic rings. The van der Waals surface area contributed by atoms with Gasteiger partial charge in [-0.05, 0) is 63.0 Å². The second kappa shape index (κ2) is 9.49. The number of halogens is 2. The molecular weight excluding hydrogens is 423 g/mol. The summed E-state index contributed by atoms with van der Waals surface area (Å²) in [4.78, 5) is 29.3. The second-order valence-corrected chi connectivity index (χ2v) is 7.98. The Morgan fingerprint density at radius 3 is 2.48 bits per heavy atom. The van der Waals surface area contributed by atoms with Gasteiger partial charge in [-0.3, -0.25) is 9.59 Å². The smallest absolute Gasteiger partial charge is 0.295 e. The van der Waals surface area contributed by atoms with E-state index in [1.807, 2.05) is 19.0 Å². The Bertz CT molecular complexity index is 1020. The molecule has 2 aromatic rings. The summed E-state index contributed by atoms with van der Waals surface area (Å²) < 4.78 is 18.8. The Kier molecular flexibility index (Phi) is 6.97. The lowest BCUT2D eigenvalue weighted by Crippen LogP contribution is -2.32. The zero-order valence-corrected chi connectivity index (χ0v) is 18.3. The number of nitrogens with zero attached hydrogens (tertiary/aromatic N) is 2. The van der Waals surface area contributed by atoms with Gasteiger partial charge < -0.3 is 19.6 Å². The van der Waals surface area contributed by atoms with Crippen LogP contribution in [-0.2, 0) is 9.59 Å². The second-order valence-electron chi connectivity index (χ2n) is 7.55. The molecule has 0 aliphatic carbocycles. The predicted molar refractivity (Wildman–Crippen MR) is 117 cm³/mol. The maximum atomic E-state index is 13.5. The first-order valence-corrected chi connectivity index (χ1v) is 10.1. The number of Topliss-reactive ketones (excluding diaryl/α,β-unsaturated/α-hetero) is 1. The number of ketones is 1. The molecule has 0 radical (unpaired) electrons. The molecule has 2 aromatic carbocycles. The molecule has 0 aromatic heterocycles. The van der Waals surface area contributed by atoms with E-state index in [9.17, 15) is 19.1 Å². The fraction of sp³-hybridized carbons (Fsp3) is 0.304. The Morgan fingerprint density at radius 2 is 1.87 bits per heavy atom. The Labute approximate surface area is 185 Å². The predicted octanol–water partition coefficient (Wildman–Crippen LogP) is 3.86. The average Bonchev–Trinajstić information content (AvgIpc) is 2.98. The number of carbonyl (C=O) groups excluding carboxylic acids is 2. The van der Waals surface area contributed by atoms with Crippen molar-refractivity contribution >= 4 is 29.1 Å². The van der Waals surface area contributed by atoms with Crippen molar-refractivity contribution in [3.05, 3.63) is 70.0 Å². The first kappa shape index (κ1) is 22.8. The Balaban J connectivity index is 2.15. The molecule has 0 bridgehead atoms. The molecule has 1 aliphatic heterocycles. The highest BCUT2D eigenvalue weighted by molar-refractivity contribution is 6.46. The van der Waals surface area contributed by atoms with Crippen LogP contribution in [0.1, 0.15) is 23.6 Å². The SMILES string of the molecule is COc1ccc(Cl)cc1/C(O)=C1\C(=O)C(=O)N(CCCN(C)C)C1c1ccc(F)cc1. The summed E-state index contributed by atoms with van der Waals surface area (Å²) in [6.07, 6.45) is 0.623. The van der Waals surface area contributed by atoms with Crippen molar-refractivity contribution < 1.29 is 23.8 Å². The van der Waals surface area contributed by atoms with E-state index < -0.39 is 23.5 Å². The standard InChI is InChI=1S/C23H24ClFN2O4/c1-26(2)11-4-12-27-20(14-5-8-16(25)9-6-14)19(22(29)23(27)30)21(28)17-13-15(24)7-10-18(17)31-3/h5-10,13,20,28H,4,11-12H2,1-3H3/b21-19+. The molecule has 1 heterocycles. The third-order valence-electron chi connectivity index (χ3n) is 5.15. The molecule has 0 saturated carbocycles. The van der Waals surface area contributed by atoms with Crippen LogP contribution in [0.2, 0.25) is 5.02 Å². The lowest BCUT2D eigenvalue weighted by atomic mass is 9.95. The number of methoxy groups -OCH3 is 1. The van der Waals surface area contributed by atoms with Gasteiger partial charge >= 0.3 is 0 Å². The highest BCUT2D eigenvalue weighted by Gasteiger charge is 2.46. The van der Waals surface area contributed by atoms with E-state index in [-0.39, 0.29) is 16.9 Å². The van der Waals surface area contributed by atoms with E-state index >= 15 is 0 Å². The number of likely N-dealkylation sites (tertiary alicyclic amines) is 1. The maximum Gasteiger partial charge on any atom is 0.295 e. The van der Waals surface area contributed by atoms with Crippen molar-refractivity contribution in [3.63, 3.8) is 0 Å². The highest BCUT2D eigenvalue weighted by Crippen LogP contribution is 2.41. The summed E-state index contributed by atoms with van der Waals surface area (Å²) >= 11 is 6.09. The topological polar surface area (TPSA) is 70.1 Å². The van der Waals surface area contributed by atoms with E-state index in [4.69, 9.17) is 16.3 Å². The highest BCUT2D eigenvalue weighted by atomic mass is 35.5. The van der Waals surface area contributed by atoms with E-state index in [0.29, 0.717) is 35.8 Å². The number of rotatable bonds is 7. The van der Waals surface area contributed by atoms with Gasteiger partial charge in [0.05, 0.1) is 24.3 Å². The van der Waals surface area contributed by atoms with Gasteiger partial charge in [-0.15, -0.1) is 0 Å². The molecule has 1 saturated heterocycles. The molecule has 6 nitrogen and oxygen atoms in total. The summed E-state index contributed by atoms with van der Waals surface area (Å²) in [5.41, 5.74) is 0.642. The number of hydrogen-bond donors (Lipinski definition) is 1. The molecule has 1 unspecified atom stereocenters. The van der Waals surface area contributed by atoms with Gasteiger partial charge in [0.1, 0.15) is 17.3 Å². The summed E-state index contributed by atoms with van der Waals surface area (Å²) in [5, 5.41) is 11.5. The summed E-state index contributed by atoms with van der Waals surface area (Å²) in [7, 11) is 5.26. The van der Waals surface area contributed by atoms with Crippen LogP contribution in [0.5, 0.6) is 5.75 Å². The van der Waals surface area contributed by atoms with Crippen LogP contribution < -0.4 is 4.74 Å². The van der Waals surface area contributed by atoms with Crippen LogP contribution in [0, 0.1) is 5.82 Å². The van der Waals surface area contributed by atoms with Crippen LogP contribution in [0.3, 0.4) is 0 Å². The van der Waals surface area contributed by atoms with Crippen molar-refractivity contribution in [3.8, 4) is 5.75 Å². The monoisotopic (exact) mass is 446 g/mol. The largest absolute Gasteiger partial charge is 0.507 e. The lowest BCUT2D eigenvalue weighted by molar-refractivity contribution is -0.139. The van der Waals surface area contributed by atoms with Gasteiger partial charge in [-0.1, -0.05) is 23.7 Å². The van der Waals surface area contributed by atoms with Crippen molar-refractivity contribution in [2.75, 3.05) is 34.3 Å². The van der Waals surface area contributed by atoms with Gasteiger partial charge in [0.2, 0.25) is 0 Å². The Morgan fingerprint density at radius 1 is 1.19 bits per heavy atom. The number of aliphatic hydroxyl groups is 1. The fourth-order valence-corrected chi connectivity index (χ4v) is 3.84.